The van der Waals surface area contributed by atoms with Gasteiger partial charge < -0.3 is 25.0 Å². The highest BCUT2D eigenvalue weighted by molar-refractivity contribution is 9.10. The molecular formula is C26H30BrN3O4. The fourth-order valence-corrected chi connectivity index (χ4v) is 5.83. The van der Waals surface area contributed by atoms with Crippen LogP contribution in [-0.2, 0) is 16.1 Å². The Balaban J connectivity index is 1.44. The number of fused-ring (bicyclic) bond motifs is 1. The summed E-state index contributed by atoms with van der Waals surface area (Å²) >= 11 is 3.67. The van der Waals surface area contributed by atoms with Crippen molar-refractivity contribution in [2.75, 3.05) is 31.0 Å². The van der Waals surface area contributed by atoms with E-state index >= 15 is 0 Å². The molecule has 0 unspecified atom stereocenters. The number of halogens is 1. The van der Waals surface area contributed by atoms with E-state index in [0.717, 1.165) is 46.3 Å². The molecule has 0 aromatic heterocycles. The van der Waals surface area contributed by atoms with Crippen LogP contribution in [0.5, 0.6) is 5.75 Å². The summed E-state index contributed by atoms with van der Waals surface area (Å²) in [7, 11) is 1.62. The van der Waals surface area contributed by atoms with Crippen LogP contribution in [-0.4, -0.2) is 48.6 Å². The Morgan fingerprint density at radius 2 is 1.91 bits per heavy atom. The van der Waals surface area contributed by atoms with Gasteiger partial charge in [-0.1, -0.05) is 41.3 Å². The lowest BCUT2D eigenvalue weighted by Gasteiger charge is -2.43. The summed E-state index contributed by atoms with van der Waals surface area (Å²) in [5.41, 5.74) is 3.30. The lowest BCUT2D eigenvalue weighted by atomic mass is 9.79. The predicted octanol–water partition coefficient (Wildman–Crippen LogP) is 4.87. The second kappa shape index (κ2) is 9.23. The van der Waals surface area contributed by atoms with Crippen LogP contribution in [0.25, 0.3) is 0 Å². The number of methoxy groups -OCH3 is 1. The average Bonchev–Trinajstić information content (AvgIpc) is 3.15. The zero-order valence-corrected chi connectivity index (χ0v) is 21.2. The molecule has 5 rings (SSSR count). The predicted molar refractivity (Wildman–Crippen MR) is 134 cm³/mol. The lowest BCUT2D eigenvalue weighted by molar-refractivity contribution is -0.129. The number of carbonyl (C=O) groups is 2. The van der Waals surface area contributed by atoms with Crippen molar-refractivity contribution in [3.63, 3.8) is 0 Å². The minimum Gasteiger partial charge on any atom is -0.496 e. The van der Waals surface area contributed by atoms with E-state index in [1.165, 1.54) is 0 Å². The number of benzene rings is 2. The largest absolute Gasteiger partial charge is 0.496 e. The van der Waals surface area contributed by atoms with Crippen molar-refractivity contribution in [1.29, 1.82) is 0 Å². The van der Waals surface area contributed by atoms with E-state index in [-0.39, 0.29) is 17.9 Å². The van der Waals surface area contributed by atoms with Gasteiger partial charge in [-0.05, 0) is 49.1 Å². The van der Waals surface area contributed by atoms with Gasteiger partial charge in [-0.15, -0.1) is 0 Å². The molecule has 2 fully saturated rings. The molecule has 0 atom stereocenters. The van der Waals surface area contributed by atoms with Crippen LogP contribution in [0.1, 0.15) is 53.6 Å². The summed E-state index contributed by atoms with van der Waals surface area (Å²) in [6.45, 7) is 3.72. The van der Waals surface area contributed by atoms with Gasteiger partial charge in [0.15, 0.2) is 0 Å². The molecule has 1 aliphatic carbocycles. The summed E-state index contributed by atoms with van der Waals surface area (Å²) in [5, 5.41) is 6.52. The van der Waals surface area contributed by atoms with Gasteiger partial charge in [0.25, 0.3) is 5.91 Å². The summed E-state index contributed by atoms with van der Waals surface area (Å²) in [4.78, 5) is 29.4. The smallest absolute Gasteiger partial charge is 0.255 e. The molecule has 2 heterocycles. The lowest BCUT2D eigenvalue weighted by Crippen LogP contribution is -2.58. The van der Waals surface area contributed by atoms with E-state index in [0.29, 0.717) is 43.9 Å². The van der Waals surface area contributed by atoms with Gasteiger partial charge in [-0.25, -0.2) is 0 Å². The van der Waals surface area contributed by atoms with Crippen molar-refractivity contribution >= 4 is 39.1 Å². The second-order valence-electron chi connectivity index (χ2n) is 9.48. The Bertz CT molecular complexity index is 1130. The molecule has 0 spiro atoms. The topological polar surface area (TPSA) is 79.9 Å². The van der Waals surface area contributed by atoms with Crippen LogP contribution in [0, 0.1) is 6.92 Å². The first-order valence-corrected chi connectivity index (χ1v) is 12.7. The molecule has 0 bridgehead atoms. The van der Waals surface area contributed by atoms with E-state index in [2.05, 4.69) is 26.6 Å². The van der Waals surface area contributed by atoms with Crippen LogP contribution in [0.15, 0.2) is 34.8 Å². The number of hydrogen-bond acceptors (Lipinski definition) is 5. The third kappa shape index (κ3) is 4.07. The van der Waals surface area contributed by atoms with Gasteiger partial charge in [0.2, 0.25) is 5.91 Å². The zero-order valence-electron chi connectivity index (χ0n) is 19.6. The number of aryl methyl sites for hydroxylation is 1. The number of ether oxygens (including phenoxy) is 2. The number of anilines is 2. The van der Waals surface area contributed by atoms with Gasteiger partial charge in [-0.3, -0.25) is 9.59 Å². The van der Waals surface area contributed by atoms with Gasteiger partial charge in [0, 0.05) is 34.0 Å². The molecule has 180 valence electrons. The normalized spacial score (nSPS) is 19.4. The van der Waals surface area contributed by atoms with Crippen molar-refractivity contribution in [2.45, 2.75) is 57.2 Å². The molecule has 1 saturated carbocycles. The number of hydrogen-bond donors (Lipinski definition) is 2. The number of nitrogens with zero attached hydrogens (tertiary/aromatic N) is 1. The molecule has 2 N–H and O–H groups in total. The van der Waals surface area contributed by atoms with Gasteiger partial charge in [0.1, 0.15) is 11.3 Å². The summed E-state index contributed by atoms with van der Waals surface area (Å²) in [5.74, 6) is 0.518. The minimum atomic E-state index is -0.874. The highest BCUT2D eigenvalue weighted by atomic mass is 79.9. The van der Waals surface area contributed by atoms with Gasteiger partial charge >= 0.3 is 0 Å². The molecule has 1 saturated heterocycles. The standard InChI is InChI=1S/C26H30BrN3O4/c1-16-6-7-17(12-23(16)33-2)29-25(32)26(8-4-3-5-9-26)30-13-21-20(24(30)31)10-18(11-22(21)27)28-19-14-34-15-19/h6-7,10-12,19,28H,3-5,8-9,13-15H2,1-2H3,(H,29,32). The van der Waals surface area contributed by atoms with E-state index < -0.39 is 5.54 Å². The molecule has 2 aliphatic heterocycles. The maximum Gasteiger partial charge on any atom is 0.255 e. The Morgan fingerprint density at radius 3 is 2.59 bits per heavy atom. The molecule has 3 aliphatic rings. The van der Waals surface area contributed by atoms with Crippen molar-refractivity contribution in [3.8, 4) is 5.75 Å². The number of nitrogens with one attached hydrogen (secondary N) is 2. The van der Waals surface area contributed by atoms with Crippen molar-refractivity contribution in [3.05, 3.63) is 51.5 Å². The number of rotatable bonds is 6. The monoisotopic (exact) mass is 527 g/mol. The van der Waals surface area contributed by atoms with E-state index in [9.17, 15) is 9.59 Å². The quantitative estimate of drug-likeness (QED) is 0.559. The number of carbonyl (C=O) groups excluding carboxylic acids is 2. The third-order valence-electron chi connectivity index (χ3n) is 7.28. The maximum absolute atomic E-state index is 13.8. The Labute approximate surface area is 208 Å². The summed E-state index contributed by atoms with van der Waals surface area (Å²) < 4.78 is 11.6. The molecular weight excluding hydrogens is 498 g/mol. The zero-order chi connectivity index (χ0) is 23.9. The highest BCUT2D eigenvalue weighted by Gasteiger charge is 2.50. The molecule has 2 aromatic rings. The first-order chi connectivity index (χ1) is 16.4. The fourth-order valence-electron chi connectivity index (χ4n) is 5.25. The molecule has 34 heavy (non-hydrogen) atoms. The Morgan fingerprint density at radius 1 is 1.15 bits per heavy atom. The first-order valence-electron chi connectivity index (χ1n) is 11.9. The van der Waals surface area contributed by atoms with Gasteiger partial charge in [0.05, 0.1) is 26.4 Å². The molecule has 8 heteroatoms. The Hall–Kier alpha value is -2.58. The second-order valence-corrected chi connectivity index (χ2v) is 10.3. The average molecular weight is 528 g/mol. The van der Waals surface area contributed by atoms with Crippen molar-refractivity contribution < 1.29 is 19.1 Å². The molecule has 2 amide bonds. The third-order valence-corrected chi connectivity index (χ3v) is 7.99. The summed E-state index contributed by atoms with van der Waals surface area (Å²) in [6.07, 6.45) is 4.22. The van der Waals surface area contributed by atoms with Crippen LogP contribution < -0.4 is 15.4 Å². The van der Waals surface area contributed by atoms with Crippen molar-refractivity contribution in [2.24, 2.45) is 0 Å². The molecule has 2 aromatic carbocycles. The van der Waals surface area contributed by atoms with Gasteiger partial charge in [-0.2, -0.15) is 0 Å². The summed E-state index contributed by atoms with van der Waals surface area (Å²) in [6, 6.07) is 9.84. The maximum atomic E-state index is 13.8. The van der Waals surface area contributed by atoms with Crippen LogP contribution in [0.4, 0.5) is 11.4 Å². The molecule has 0 radical (unpaired) electrons. The SMILES string of the molecule is COc1cc(NC(=O)C2(N3Cc4c(Br)cc(NC5COC5)cc4C3=O)CCCCC2)ccc1C. The van der Waals surface area contributed by atoms with Crippen molar-refractivity contribution in [1.82, 2.24) is 4.90 Å². The fraction of sp³-hybridized carbons (Fsp3) is 0.462. The van der Waals surface area contributed by atoms with E-state index in [4.69, 9.17) is 9.47 Å². The van der Waals surface area contributed by atoms with Crippen LogP contribution in [0.2, 0.25) is 0 Å². The van der Waals surface area contributed by atoms with Crippen LogP contribution in [0.3, 0.4) is 0 Å². The Kier molecular flexibility index (Phi) is 6.29. The minimum absolute atomic E-state index is 0.0808. The number of amides is 2. The van der Waals surface area contributed by atoms with Crippen LogP contribution >= 0.6 is 15.9 Å². The van der Waals surface area contributed by atoms with E-state index in [1.807, 2.05) is 37.3 Å². The first kappa shape index (κ1) is 23.2. The van der Waals surface area contributed by atoms with E-state index in [1.54, 1.807) is 12.0 Å². The molecule has 7 nitrogen and oxygen atoms in total. The highest BCUT2D eigenvalue weighted by Crippen LogP contribution is 2.42.